The highest BCUT2D eigenvalue weighted by Crippen LogP contribution is 2.22. The van der Waals surface area contributed by atoms with E-state index in [1.807, 2.05) is 25.9 Å². The van der Waals surface area contributed by atoms with Crippen LogP contribution < -0.4 is 5.32 Å². The summed E-state index contributed by atoms with van der Waals surface area (Å²) < 4.78 is 2.16. The second kappa shape index (κ2) is 8.39. The molecule has 1 aromatic heterocycles. The van der Waals surface area contributed by atoms with Gasteiger partial charge in [0.1, 0.15) is 0 Å². The molecule has 138 valence electrons. The molecule has 1 heterocycles. The van der Waals surface area contributed by atoms with Crippen LogP contribution in [-0.2, 0) is 13.5 Å². The highest BCUT2D eigenvalue weighted by Gasteiger charge is 2.18. The van der Waals surface area contributed by atoms with Gasteiger partial charge in [0.15, 0.2) is 0 Å². The van der Waals surface area contributed by atoms with E-state index in [2.05, 4.69) is 60.1 Å². The van der Waals surface area contributed by atoms with E-state index in [4.69, 9.17) is 0 Å². The number of nitrogens with zero attached hydrogens (tertiary/aromatic N) is 3. The summed E-state index contributed by atoms with van der Waals surface area (Å²) in [6, 6.07) is 6.75. The highest BCUT2D eigenvalue weighted by atomic mass is 16.2. The van der Waals surface area contributed by atoms with Crippen molar-refractivity contribution in [2.24, 2.45) is 7.05 Å². The first kappa shape index (κ1) is 19.3. The molecule has 2 aromatic rings. The van der Waals surface area contributed by atoms with Gasteiger partial charge < -0.3 is 19.7 Å². The van der Waals surface area contributed by atoms with Gasteiger partial charge in [-0.3, -0.25) is 0 Å². The number of fused-ring (bicyclic) bond motifs is 1. The Hall–Kier alpha value is -2.01. The lowest BCUT2D eigenvalue weighted by Crippen LogP contribution is -2.48. The summed E-state index contributed by atoms with van der Waals surface area (Å²) in [6.45, 7) is 8.46. The van der Waals surface area contributed by atoms with Gasteiger partial charge in [0.2, 0.25) is 0 Å². The predicted octanol–water partition coefficient (Wildman–Crippen LogP) is 3.01. The van der Waals surface area contributed by atoms with Crippen LogP contribution in [0.3, 0.4) is 0 Å². The Morgan fingerprint density at radius 1 is 1.32 bits per heavy atom. The molecule has 0 spiro atoms. The Morgan fingerprint density at radius 3 is 2.68 bits per heavy atom. The molecule has 0 saturated heterocycles. The molecule has 0 aliphatic rings. The van der Waals surface area contributed by atoms with Gasteiger partial charge in [-0.05, 0) is 58.5 Å². The molecule has 0 radical (unpaired) electrons. The molecule has 2 rings (SSSR count). The van der Waals surface area contributed by atoms with E-state index in [-0.39, 0.29) is 12.1 Å². The van der Waals surface area contributed by atoms with Crippen molar-refractivity contribution in [3.8, 4) is 0 Å². The fourth-order valence-corrected chi connectivity index (χ4v) is 3.47. The number of nitrogens with one attached hydrogen (secondary N) is 1. The van der Waals surface area contributed by atoms with Crippen LogP contribution in [0.25, 0.3) is 10.9 Å². The number of rotatable bonds is 7. The number of hydrogen-bond acceptors (Lipinski definition) is 2. The molecule has 1 N–H and O–H groups in total. The molecular weight excluding hydrogens is 312 g/mol. The molecule has 0 fully saturated rings. The van der Waals surface area contributed by atoms with Crippen LogP contribution in [0.4, 0.5) is 4.79 Å². The van der Waals surface area contributed by atoms with Crippen LogP contribution in [-0.4, -0.2) is 60.2 Å². The quantitative estimate of drug-likeness (QED) is 0.839. The van der Waals surface area contributed by atoms with Crippen molar-refractivity contribution in [2.45, 2.75) is 33.2 Å². The topological polar surface area (TPSA) is 40.5 Å². The molecule has 0 unspecified atom stereocenters. The first-order valence-electron chi connectivity index (χ1n) is 9.07. The number of aromatic nitrogens is 1. The van der Waals surface area contributed by atoms with Crippen molar-refractivity contribution >= 4 is 16.9 Å². The van der Waals surface area contributed by atoms with Gasteiger partial charge in [0.25, 0.3) is 0 Å². The molecule has 5 heteroatoms. The molecule has 0 bridgehead atoms. The lowest BCUT2D eigenvalue weighted by Gasteiger charge is -2.30. The lowest BCUT2D eigenvalue weighted by molar-refractivity contribution is 0.169. The van der Waals surface area contributed by atoms with Gasteiger partial charge in [0, 0.05) is 49.8 Å². The van der Waals surface area contributed by atoms with Crippen molar-refractivity contribution in [2.75, 3.05) is 33.7 Å². The first-order valence-corrected chi connectivity index (χ1v) is 9.07. The zero-order valence-corrected chi connectivity index (χ0v) is 16.5. The third kappa shape index (κ3) is 4.75. The smallest absolute Gasteiger partial charge is 0.317 e. The highest BCUT2D eigenvalue weighted by molar-refractivity contribution is 5.84. The molecule has 1 atom stereocenters. The van der Waals surface area contributed by atoms with Crippen LogP contribution in [0.5, 0.6) is 0 Å². The molecule has 0 aliphatic carbocycles. The number of benzene rings is 1. The SMILES string of the molecule is CCN(C(=O)NCCc1cn(C)c2cc(C)ccc12)[C@H](C)CN(C)C. The Labute approximate surface area is 151 Å². The molecule has 25 heavy (non-hydrogen) atoms. The van der Waals surface area contributed by atoms with Gasteiger partial charge in [-0.2, -0.15) is 0 Å². The second-order valence-electron chi connectivity index (χ2n) is 7.17. The maximum atomic E-state index is 12.5. The van der Waals surface area contributed by atoms with E-state index >= 15 is 0 Å². The fourth-order valence-electron chi connectivity index (χ4n) is 3.47. The summed E-state index contributed by atoms with van der Waals surface area (Å²) in [7, 11) is 6.14. The third-order valence-corrected chi connectivity index (χ3v) is 4.66. The first-order chi connectivity index (χ1) is 11.8. The van der Waals surface area contributed by atoms with E-state index < -0.39 is 0 Å². The molecule has 5 nitrogen and oxygen atoms in total. The fraction of sp³-hybridized carbons (Fsp3) is 0.550. The minimum absolute atomic E-state index is 0.0212. The van der Waals surface area contributed by atoms with Gasteiger partial charge in [0.05, 0.1) is 0 Å². The summed E-state index contributed by atoms with van der Waals surface area (Å²) in [5.41, 5.74) is 3.79. The number of hydrogen-bond donors (Lipinski definition) is 1. The van der Waals surface area contributed by atoms with Crippen molar-refractivity contribution < 1.29 is 4.79 Å². The van der Waals surface area contributed by atoms with Gasteiger partial charge in [-0.1, -0.05) is 12.1 Å². The number of urea groups is 1. The van der Waals surface area contributed by atoms with Crippen LogP contribution in [0.1, 0.15) is 25.0 Å². The van der Waals surface area contributed by atoms with Crippen molar-refractivity contribution in [3.05, 3.63) is 35.5 Å². The van der Waals surface area contributed by atoms with E-state index in [9.17, 15) is 4.79 Å². The Morgan fingerprint density at radius 2 is 2.04 bits per heavy atom. The van der Waals surface area contributed by atoms with Crippen LogP contribution >= 0.6 is 0 Å². The Balaban J connectivity index is 1.97. The van der Waals surface area contributed by atoms with Crippen molar-refractivity contribution in [1.82, 2.24) is 19.7 Å². The normalized spacial score (nSPS) is 12.6. The summed E-state index contributed by atoms with van der Waals surface area (Å²) in [6.07, 6.45) is 3.01. The summed E-state index contributed by atoms with van der Waals surface area (Å²) in [5.74, 6) is 0. The maximum Gasteiger partial charge on any atom is 0.317 e. The zero-order valence-electron chi connectivity index (χ0n) is 16.5. The number of amides is 2. The van der Waals surface area contributed by atoms with Crippen LogP contribution in [0.15, 0.2) is 24.4 Å². The van der Waals surface area contributed by atoms with Crippen LogP contribution in [0.2, 0.25) is 0 Å². The van der Waals surface area contributed by atoms with Gasteiger partial charge in [-0.15, -0.1) is 0 Å². The summed E-state index contributed by atoms with van der Waals surface area (Å²) >= 11 is 0. The predicted molar refractivity (Wildman–Crippen MR) is 105 cm³/mol. The van der Waals surface area contributed by atoms with Gasteiger partial charge >= 0.3 is 6.03 Å². The number of aryl methyl sites for hydroxylation is 2. The van der Waals surface area contributed by atoms with E-state index in [1.54, 1.807) is 0 Å². The third-order valence-electron chi connectivity index (χ3n) is 4.66. The van der Waals surface area contributed by atoms with E-state index in [0.29, 0.717) is 13.1 Å². The van der Waals surface area contributed by atoms with E-state index in [0.717, 1.165) is 13.0 Å². The van der Waals surface area contributed by atoms with Crippen molar-refractivity contribution in [1.29, 1.82) is 0 Å². The standard InChI is InChI=1S/C20H32N4O/c1-7-24(16(3)13-22(4)5)20(25)21-11-10-17-14-23(6)19-12-15(2)8-9-18(17)19/h8-9,12,14,16H,7,10-11,13H2,1-6H3,(H,21,25)/t16-/m1/s1. The van der Waals surface area contributed by atoms with Gasteiger partial charge in [-0.25, -0.2) is 4.79 Å². The number of carbonyl (C=O) groups is 1. The number of carbonyl (C=O) groups excluding carboxylic acids is 1. The summed E-state index contributed by atoms with van der Waals surface area (Å²) in [4.78, 5) is 16.5. The van der Waals surface area contributed by atoms with E-state index in [1.165, 1.54) is 22.0 Å². The Bertz CT molecular complexity index is 720. The molecule has 0 aliphatic heterocycles. The molecular formula is C20H32N4O. The molecule has 0 saturated carbocycles. The minimum atomic E-state index is 0.0212. The Kier molecular flexibility index (Phi) is 6.48. The monoisotopic (exact) mass is 344 g/mol. The minimum Gasteiger partial charge on any atom is -0.350 e. The average molecular weight is 345 g/mol. The maximum absolute atomic E-state index is 12.5. The second-order valence-corrected chi connectivity index (χ2v) is 7.17. The summed E-state index contributed by atoms with van der Waals surface area (Å²) in [5, 5.41) is 4.35. The molecule has 1 aromatic carbocycles. The van der Waals surface area contributed by atoms with Crippen LogP contribution in [0, 0.1) is 6.92 Å². The average Bonchev–Trinajstić information content (AvgIpc) is 2.83. The number of likely N-dealkylation sites (N-methyl/N-ethyl adjacent to an activating group) is 2. The van der Waals surface area contributed by atoms with Crippen molar-refractivity contribution in [3.63, 3.8) is 0 Å². The largest absolute Gasteiger partial charge is 0.350 e. The molecule has 2 amide bonds. The zero-order chi connectivity index (χ0) is 18.6. The lowest BCUT2D eigenvalue weighted by atomic mass is 10.1.